The van der Waals surface area contributed by atoms with E-state index in [9.17, 15) is 0 Å². The summed E-state index contributed by atoms with van der Waals surface area (Å²) < 4.78 is 7.61. The molecule has 0 aromatic heterocycles. The number of hydrogen-bond acceptors (Lipinski definition) is 1. The van der Waals surface area contributed by atoms with E-state index in [1.54, 1.807) is 5.31 Å². The molecule has 2 heteroatoms. The molecule has 0 aliphatic heterocycles. The molecule has 1 nitrogen and oxygen atoms in total. The molecule has 1 aliphatic carbocycles. The van der Waals surface area contributed by atoms with Crippen molar-refractivity contribution in [1.82, 2.24) is 5.31 Å². The highest BCUT2D eigenvalue weighted by molar-refractivity contribution is 6.17. The van der Waals surface area contributed by atoms with Crippen molar-refractivity contribution in [3.8, 4) is 0 Å². The average Bonchev–Trinajstić information content (AvgIpc) is 2.39. The van der Waals surface area contributed by atoms with Crippen LogP contribution in [0.25, 0.3) is 0 Å². The van der Waals surface area contributed by atoms with Gasteiger partial charge in [-0.05, 0) is 49.8 Å². The lowest BCUT2D eigenvalue weighted by Crippen LogP contribution is -2.29. The lowest BCUT2D eigenvalue weighted by molar-refractivity contribution is 0.359. The molecule has 0 amide bonds. The Morgan fingerprint density at radius 1 is 1.25 bits per heavy atom. The number of rotatable bonds is 3. The molecule has 1 N–H and O–H groups in total. The van der Waals surface area contributed by atoms with Crippen LogP contribution in [0.1, 0.15) is 42.7 Å². The summed E-state index contributed by atoms with van der Waals surface area (Å²) in [7, 11) is 1.86. The van der Waals surface area contributed by atoms with Crippen LogP contribution in [0.5, 0.6) is 0 Å². The molecule has 1 aromatic rings. The van der Waals surface area contributed by atoms with E-state index >= 15 is 0 Å². The van der Waals surface area contributed by atoms with Crippen LogP contribution < -0.4 is 5.31 Å². The summed E-state index contributed by atoms with van der Waals surface area (Å²) in [6, 6.07) is 9.14. The zero-order chi connectivity index (χ0) is 12.3. The van der Waals surface area contributed by atoms with Crippen molar-refractivity contribution in [3.05, 3.63) is 35.4 Å². The van der Waals surface area contributed by atoms with Gasteiger partial charge in [0.15, 0.2) is 0 Å². The normalized spacial score (nSPS) is 26.8. The molecule has 88 valence electrons. The van der Waals surface area contributed by atoms with Crippen LogP contribution in [0.2, 0.25) is 1.41 Å². The van der Waals surface area contributed by atoms with Gasteiger partial charge in [0, 0.05) is 11.9 Å². The Kier molecular flexibility index (Phi) is 3.78. The van der Waals surface area contributed by atoms with E-state index in [0.717, 1.165) is 12.8 Å². The van der Waals surface area contributed by atoms with Crippen LogP contribution in [-0.2, 0) is 5.88 Å². The molecule has 0 heterocycles. The minimum atomic E-state index is 0.452. The van der Waals surface area contributed by atoms with Gasteiger partial charge in [-0.15, -0.1) is 11.6 Å². The third-order valence-electron chi connectivity index (χ3n) is 3.67. The fourth-order valence-corrected chi connectivity index (χ4v) is 2.72. The fourth-order valence-electron chi connectivity index (χ4n) is 2.55. The molecule has 1 aliphatic rings. The highest BCUT2D eigenvalue weighted by Crippen LogP contribution is 2.32. The Balaban J connectivity index is 1.95. The summed E-state index contributed by atoms with van der Waals surface area (Å²) >= 11 is 5.79. The first-order chi connectivity index (χ1) is 8.20. The van der Waals surface area contributed by atoms with E-state index in [-0.39, 0.29) is 0 Å². The van der Waals surface area contributed by atoms with Crippen molar-refractivity contribution in [2.75, 3.05) is 7.05 Å². The maximum Gasteiger partial charge on any atom is 0.122 e. The number of benzene rings is 1. The number of hydrogen-bond donors (Lipinski definition) is 1. The molecule has 2 rings (SSSR count). The van der Waals surface area contributed by atoms with Crippen LogP contribution >= 0.6 is 11.6 Å². The van der Waals surface area contributed by atoms with Crippen molar-refractivity contribution < 1.29 is 1.41 Å². The predicted octanol–water partition coefficient (Wildman–Crippen LogP) is 3.67. The molecule has 0 atom stereocenters. The van der Waals surface area contributed by atoms with Crippen molar-refractivity contribution in [2.24, 2.45) is 0 Å². The van der Waals surface area contributed by atoms with Gasteiger partial charge >= 0.3 is 0 Å². The smallest absolute Gasteiger partial charge is 0.122 e. The molecule has 0 bridgehead atoms. The van der Waals surface area contributed by atoms with E-state index in [2.05, 4.69) is 24.3 Å². The Morgan fingerprint density at radius 2 is 1.88 bits per heavy atom. The molecule has 0 spiro atoms. The number of alkyl halides is 1. The van der Waals surface area contributed by atoms with Crippen molar-refractivity contribution >= 4 is 11.6 Å². The quantitative estimate of drug-likeness (QED) is 0.794. The van der Waals surface area contributed by atoms with E-state index in [1.807, 2.05) is 7.05 Å². The SMILES string of the molecule is [3H]N(C)C1CCC(c2ccc(CCl)cc2)CC1. The first kappa shape index (κ1) is 10.6. The van der Waals surface area contributed by atoms with E-state index in [0.29, 0.717) is 17.8 Å². The molecule has 1 saturated carbocycles. The molecule has 0 saturated heterocycles. The van der Waals surface area contributed by atoms with Gasteiger partial charge in [0.1, 0.15) is 1.41 Å². The second-order valence-corrected chi connectivity index (χ2v) is 4.91. The van der Waals surface area contributed by atoms with Gasteiger partial charge in [-0.2, -0.15) is 0 Å². The molecule has 1 aromatic carbocycles. The Hall–Kier alpha value is -0.530. The zero-order valence-corrected chi connectivity index (χ0v) is 10.6. The summed E-state index contributed by atoms with van der Waals surface area (Å²) in [6.07, 6.45) is 4.69. The molecular weight excluding hydrogens is 218 g/mol. The van der Waals surface area contributed by atoms with Crippen LogP contribution in [0.15, 0.2) is 24.3 Å². The van der Waals surface area contributed by atoms with Gasteiger partial charge in [0.2, 0.25) is 0 Å². The van der Waals surface area contributed by atoms with Gasteiger partial charge in [0.25, 0.3) is 0 Å². The van der Waals surface area contributed by atoms with Crippen molar-refractivity contribution in [2.45, 2.75) is 43.5 Å². The molecule has 0 unspecified atom stereocenters. The Morgan fingerprint density at radius 3 is 2.38 bits per heavy atom. The number of halogens is 1. The molecular formula is C14H20ClN. The van der Waals surface area contributed by atoms with Gasteiger partial charge < -0.3 is 5.31 Å². The molecule has 0 radical (unpaired) electrons. The third kappa shape index (κ3) is 2.78. The van der Waals surface area contributed by atoms with E-state index in [1.165, 1.54) is 24.0 Å². The molecule has 16 heavy (non-hydrogen) atoms. The maximum absolute atomic E-state index is 7.61. The average molecular weight is 240 g/mol. The first-order valence-electron chi connectivity index (χ1n) is 6.52. The van der Waals surface area contributed by atoms with Gasteiger partial charge in [-0.1, -0.05) is 24.3 Å². The maximum atomic E-state index is 7.61. The predicted molar refractivity (Wildman–Crippen MR) is 70.1 cm³/mol. The summed E-state index contributed by atoms with van der Waals surface area (Å²) in [5.41, 5.74) is 2.62. The summed E-state index contributed by atoms with van der Waals surface area (Å²) in [6.45, 7) is 0. The van der Waals surface area contributed by atoms with Crippen molar-refractivity contribution in [1.29, 1.82) is 0 Å². The lowest BCUT2D eigenvalue weighted by atomic mass is 9.81. The highest BCUT2D eigenvalue weighted by atomic mass is 35.5. The summed E-state index contributed by atoms with van der Waals surface area (Å²) in [5.74, 6) is 1.27. The fraction of sp³-hybridized carbons (Fsp3) is 0.571. The van der Waals surface area contributed by atoms with Crippen LogP contribution in [0, 0.1) is 0 Å². The second kappa shape index (κ2) is 5.70. The minimum Gasteiger partial charge on any atom is -0.317 e. The standard InChI is InChI=1S/C14H20ClN/c1-16-14-8-6-13(7-9-14)12-4-2-11(10-15)3-5-12/h2-5,13-14,16H,6-10H2,1H3/i/hT. The van der Waals surface area contributed by atoms with Gasteiger partial charge in [-0.3, -0.25) is 0 Å². The van der Waals surface area contributed by atoms with Crippen molar-refractivity contribution in [3.63, 3.8) is 0 Å². The molecule has 1 fully saturated rings. The Labute approximate surface area is 105 Å². The number of nitrogens with one attached hydrogen (secondary N) is 1. The second-order valence-electron chi connectivity index (χ2n) is 4.64. The lowest BCUT2D eigenvalue weighted by Gasteiger charge is -2.28. The van der Waals surface area contributed by atoms with Crippen LogP contribution in [0.3, 0.4) is 0 Å². The summed E-state index contributed by atoms with van der Waals surface area (Å²) in [5, 5.41) is 1.62. The summed E-state index contributed by atoms with van der Waals surface area (Å²) in [4.78, 5) is 0. The Bertz CT molecular complexity index is 342. The topological polar surface area (TPSA) is 12.0 Å². The minimum absolute atomic E-state index is 0.452. The largest absolute Gasteiger partial charge is 0.317 e. The van der Waals surface area contributed by atoms with E-state index < -0.39 is 0 Å². The highest BCUT2D eigenvalue weighted by Gasteiger charge is 2.20. The van der Waals surface area contributed by atoms with E-state index in [4.69, 9.17) is 13.0 Å². The third-order valence-corrected chi connectivity index (χ3v) is 3.98. The van der Waals surface area contributed by atoms with Crippen LogP contribution in [-0.4, -0.2) is 13.1 Å². The van der Waals surface area contributed by atoms with Gasteiger partial charge in [0.05, 0.1) is 0 Å². The zero-order valence-electron chi connectivity index (χ0n) is 10.8. The monoisotopic (exact) mass is 239 g/mol. The first-order valence-corrected chi connectivity index (χ1v) is 6.60. The van der Waals surface area contributed by atoms with Gasteiger partial charge in [-0.25, -0.2) is 0 Å². The van der Waals surface area contributed by atoms with Crippen LogP contribution in [0.4, 0.5) is 0 Å².